The number of nitrogens with one attached hydrogen (secondary N) is 1. The zero-order valence-corrected chi connectivity index (χ0v) is 12.4. The highest BCUT2D eigenvalue weighted by Crippen LogP contribution is 2.32. The first kappa shape index (κ1) is 15.3. The molecule has 2 unspecified atom stereocenters. The molecule has 1 aromatic rings. The van der Waals surface area contributed by atoms with Gasteiger partial charge in [0.2, 0.25) is 0 Å². The molecule has 0 heterocycles. The van der Waals surface area contributed by atoms with Crippen molar-refractivity contribution in [1.29, 1.82) is 0 Å². The molecule has 4 heteroatoms. The lowest BCUT2D eigenvalue weighted by Gasteiger charge is -2.27. The van der Waals surface area contributed by atoms with Crippen LogP contribution in [0.3, 0.4) is 0 Å². The Morgan fingerprint density at radius 3 is 3.00 bits per heavy atom. The first-order chi connectivity index (χ1) is 9.71. The van der Waals surface area contributed by atoms with Gasteiger partial charge in [-0.15, -0.1) is 0 Å². The Morgan fingerprint density at radius 2 is 2.30 bits per heavy atom. The largest absolute Gasteiger partial charge is 0.490 e. The third-order valence-corrected chi connectivity index (χ3v) is 3.93. The summed E-state index contributed by atoms with van der Waals surface area (Å²) in [5.41, 5.74) is 0.951. The predicted octanol–water partition coefficient (Wildman–Crippen LogP) is 2.10. The quantitative estimate of drug-likeness (QED) is 0.802. The van der Waals surface area contributed by atoms with Crippen molar-refractivity contribution in [3.8, 4) is 5.75 Å². The lowest BCUT2D eigenvalue weighted by Crippen LogP contribution is -2.46. The van der Waals surface area contributed by atoms with Gasteiger partial charge in [-0.2, -0.15) is 0 Å². The summed E-state index contributed by atoms with van der Waals surface area (Å²) in [5, 5.41) is 13.0. The molecule has 0 aliphatic heterocycles. The van der Waals surface area contributed by atoms with E-state index in [-0.39, 0.29) is 18.2 Å². The van der Waals surface area contributed by atoms with Crippen LogP contribution in [0, 0.1) is 0 Å². The van der Waals surface area contributed by atoms with E-state index < -0.39 is 0 Å². The lowest BCUT2D eigenvalue weighted by molar-refractivity contribution is 0.141. The van der Waals surface area contributed by atoms with Gasteiger partial charge in [0.25, 0.3) is 0 Å². The first-order valence-corrected chi connectivity index (χ1v) is 7.32. The second-order valence-electron chi connectivity index (χ2n) is 5.53. The molecule has 1 saturated carbocycles. The molecule has 1 aromatic carbocycles. The summed E-state index contributed by atoms with van der Waals surface area (Å²) in [6.07, 6.45) is 2.95. The van der Waals surface area contributed by atoms with Crippen molar-refractivity contribution in [2.45, 2.75) is 44.4 Å². The number of hydrogen-bond acceptors (Lipinski definition) is 4. The third kappa shape index (κ3) is 3.72. The number of aliphatic hydroxyl groups is 1. The molecule has 1 fully saturated rings. The van der Waals surface area contributed by atoms with Crippen LogP contribution in [-0.4, -0.2) is 37.0 Å². The van der Waals surface area contributed by atoms with Gasteiger partial charge in [-0.3, -0.25) is 0 Å². The van der Waals surface area contributed by atoms with Gasteiger partial charge in [-0.1, -0.05) is 19.1 Å². The number of likely N-dealkylation sites (N-methyl/N-ethyl adjacent to an activating group) is 1. The van der Waals surface area contributed by atoms with Gasteiger partial charge in [0.15, 0.2) is 0 Å². The van der Waals surface area contributed by atoms with Crippen molar-refractivity contribution in [1.82, 2.24) is 5.32 Å². The van der Waals surface area contributed by atoms with E-state index in [1.807, 2.05) is 24.3 Å². The van der Waals surface area contributed by atoms with Crippen molar-refractivity contribution in [2.24, 2.45) is 0 Å². The Hall–Kier alpha value is -1.10. The monoisotopic (exact) mass is 279 g/mol. The summed E-state index contributed by atoms with van der Waals surface area (Å²) in [4.78, 5) is 0. The van der Waals surface area contributed by atoms with Crippen LogP contribution >= 0.6 is 0 Å². The Bertz CT molecular complexity index is 424. The SMILES string of the molecule is CCNC1(CO)CCC(Oc2cccc(COC)c2)C1. The van der Waals surface area contributed by atoms with Gasteiger partial charge in [0.1, 0.15) is 11.9 Å². The highest BCUT2D eigenvalue weighted by atomic mass is 16.5. The Kier molecular flexibility index (Phi) is 5.40. The van der Waals surface area contributed by atoms with E-state index in [0.29, 0.717) is 6.61 Å². The number of hydrogen-bond donors (Lipinski definition) is 2. The third-order valence-electron chi connectivity index (χ3n) is 3.93. The summed E-state index contributed by atoms with van der Waals surface area (Å²) in [7, 11) is 1.69. The zero-order valence-electron chi connectivity index (χ0n) is 12.4. The van der Waals surface area contributed by atoms with Crippen molar-refractivity contribution < 1.29 is 14.6 Å². The Labute approximate surface area is 121 Å². The molecule has 0 spiro atoms. The zero-order chi connectivity index (χ0) is 14.4. The van der Waals surface area contributed by atoms with Crippen LogP contribution in [0.4, 0.5) is 0 Å². The molecule has 0 bridgehead atoms. The molecule has 112 valence electrons. The topological polar surface area (TPSA) is 50.7 Å². The van der Waals surface area contributed by atoms with Gasteiger partial charge in [-0.25, -0.2) is 0 Å². The number of rotatable bonds is 7. The highest BCUT2D eigenvalue weighted by Gasteiger charge is 2.39. The van der Waals surface area contributed by atoms with Crippen LogP contribution in [0.1, 0.15) is 31.7 Å². The van der Waals surface area contributed by atoms with Crippen LogP contribution < -0.4 is 10.1 Å². The summed E-state index contributed by atoms with van der Waals surface area (Å²) in [5.74, 6) is 0.884. The minimum Gasteiger partial charge on any atom is -0.490 e. The molecular formula is C16H25NO3. The van der Waals surface area contributed by atoms with Crippen LogP contribution in [-0.2, 0) is 11.3 Å². The van der Waals surface area contributed by atoms with E-state index in [4.69, 9.17) is 9.47 Å². The average Bonchev–Trinajstić information content (AvgIpc) is 2.84. The molecule has 2 rings (SSSR count). The first-order valence-electron chi connectivity index (χ1n) is 7.32. The molecule has 20 heavy (non-hydrogen) atoms. The van der Waals surface area contributed by atoms with E-state index in [1.165, 1.54) is 0 Å². The molecule has 2 atom stereocenters. The second kappa shape index (κ2) is 7.07. The normalized spacial score (nSPS) is 25.9. The number of methoxy groups -OCH3 is 1. The van der Waals surface area contributed by atoms with Gasteiger partial charge >= 0.3 is 0 Å². The van der Waals surface area contributed by atoms with Gasteiger partial charge in [-0.05, 0) is 37.1 Å². The summed E-state index contributed by atoms with van der Waals surface area (Å²) >= 11 is 0. The second-order valence-corrected chi connectivity index (χ2v) is 5.53. The maximum absolute atomic E-state index is 9.61. The molecule has 0 radical (unpaired) electrons. The molecular weight excluding hydrogens is 254 g/mol. The number of aliphatic hydroxyl groups excluding tert-OH is 1. The van der Waals surface area contributed by atoms with Crippen molar-refractivity contribution >= 4 is 0 Å². The van der Waals surface area contributed by atoms with Crippen molar-refractivity contribution in [3.63, 3.8) is 0 Å². The van der Waals surface area contributed by atoms with Gasteiger partial charge < -0.3 is 19.9 Å². The molecule has 4 nitrogen and oxygen atoms in total. The van der Waals surface area contributed by atoms with E-state index in [9.17, 15) is 5.11 Å². The fraction of sp³-hybridized carbons (Fsp3) is 0.625. The van der Waals surface area contributed by atoms with Crippen LogP contribution in [0.25, 0.3) is 0 Å². The van der Waals surface area contributed by atoms with Crippen LogP contribution in [0.15, 0.2) is 24.3 Å². The maximum atomic E-state index is 9.61. The molecule has 2 N–H and O–H groups in total. The summed E-state index contributed by atoms with van der Waals surface area (Å²) in [6, 6.07) is 8.02. The van der Waals surface area contributed by atoms with Crippen LogP contribution in [0.2, 0.25) is 0 Å². The Balaban J connectivity index is 1.96. The minimum atomic E-state index is -0.163. The van der Waals surface area contributed by atoms with Gasteiger partial charge in [0, 0.05) is 19.1 Å². The molecule has 1 aliphatic rings. The average molecular weight is 279 g/mol. The van der Waals surface area contributed by atoms with E-state index in [1.54, 1.807) is 7.11 Å². The summed E-state index contributed by atoms with van der Waals surface area (Å²) < 4.78 is 11.2. The molecule has 0 amide bonds. The molecule has 1 aliphatic carbocycles. The lowest BCUT2D eigenvalue weighted by atomic mass is 9.99. The molecule has 0 saturated heterocycles. The Morgan fingerprint density at radius 1 is 1.45 bits per heavy atom. The smallest absolute Gasteiger partial charge is 0.120 e. The van der Waals surface area contributed by atoms with Crippen molar-refractivity contribution in [2.75, 3.05) is 20.3 Å². The fourth-order valence-electron chi connectivity index (χ4n) is 2.98. The number of ether oxygens (including phenoxy) is 2. The fourth-order valence-corrected chi connectivity index (χ4v) is 2.98. The standard InChI is InChI=1S/C16H25NO3/c1-3-17-16(12-18)8-7-15(10-16)20-14-6-4-5-13(9-14)11-19-2/h4-6,9,15,17-18H,3,7-8,10-12H2,1-2H3. The molecule has 0 aromatic heterocycles. The van der Waals surface area contributed by atoms with E-state index >= 15 is 0 Å². The van der Waals surface area contributed by atoms with Gasteiger partial charge in [0.05, 0.1) is 13.2 Å². The minimum absolute atomic E-state index is 0.163. The van der Waals surface area contributed by atoms with Crippen molar-refractivity contribution in [3.05, 3.63) is 29.8 Å². The van der Waals surface area contributed by atoms with E-state index in [0.717, 1.165) is 37.1 Å². The number of benzene rings is 1. The summed E-state index contributed by atoms with van der Waals surface area (Å²) in [6.45, 7) is 3.71. The highest BCUT2D eigenvalue weighted by molar-refractivity contribution is 5.28. The van der Waals surface area contributed by atoms with Crippen LogP contribution in [0.5, 0.6) is 5.75 Å². The predicted molar refractivity (Wildman–Crippen MR) is 78.9 cm³/mol. The maximum Gasteiger partial charge on any atom is 0.120 e. The van der Waals surface area contributed by atoms with E-state index in [2.05, 4.69) is 12.2 Å².